The summed E-state index contributed by atoms with van der Waals surface area (Å²) in [5.74, 6) is 1.43. The molecule has 0 saturated heterocycles. The van der Waals surface area contributed by atoms with Crippen molar-refractivity contribution < 1.29 is 27.4 Å². The lowest BCUT2D eigenvalue weighted by Gasteiger charge is -2.18. The monoisotopic (exact) mass is 476 g/mol. The fraction of sp³-hybridized carbons (Fsp3) is 0.458. The van der Waals surface area contributed by atoms with E-state index in [1.165, 1.54) is 6.07 Å². The number of carbonyl (C=O) groups is 1. The van der Waals surface area contributed by atoms with Crippen LogP contribution in [0.15, 0.2) is 35.2 Å². The molecule has 1 aliphatic heterocycles. The van der Waals surface area contributed by atoms with Gasteiger partial charge in [0.05, 0.1) is 30.1 Å². The summed E-state index contributed by atoms with van der Waals surface area (Å²) >= 11 is 0. The minimum absolute atomic E-state index is 0.0359. The molecule has 1 N–H and O–H groups in total. The third-order valence-corrected chi connectivity index (χ3v) is 6.99. The van der Waals surface area contributed by atoms with E-state index in [4.69, 9.17) is 14.2 Å². The second kappa shape index (κ2) is 9.61. The lowest BCUT2D eigenvalue weighted by Crippen LogP contribution is -2.33. The van der Waals surface area contributed by atoms with Crippen molar-refractivity contribution in [1.82, 2.24) is 4.72 Å². The summed E-state index contributed by atoms with van der Waals surface area (Å²) in [6.07, 6.45) is 0. The maximum Gasteiger partial charge on any atom is 0.240 e. The summed E-state index contributed by atoms with van der Waals surface area (Å²) in [5.41, 5.74) is 1.29. The molecular weight excluding hydrogens is 444 g/mol. The zero-order chi connectivity index (χ0) is 24.4. The van der Waals surface area contributed by atoms with Gasteiger partial charge in [0.15, 0.2) is 11.5 Å². The molecule has 0 atom stereocenters. The Morgan fingerprint density at radius 1 is 0.939 bits per heavy atom. The maximum absolute atomic E-state index is 13.1. The summed E-state index contributed by atoms with van der Waals surface area (Å²) in [7, 11) is -2.13. The highest BCUT2D eigenvalue weighted by atomic mass is 32.2. The topological polar surface area (TPSA) is 94.2 Å². The highest BCUT2D eigenvalue weighted by Crippen LogP contribution is 2.42. The van der Waals surface area contributed by atoms with Gasteiger partial charge in [0, 0.05) is 19.3 Å². The van der Waals surface area contributed by atoms with Crippen molar-refractivity contribution in [2.75, 3.05) is 31.8 Å². The molecule has 8 nitrogen and oxygen atoms in total. The normalized spacial score (nSPS) is 14.8. The van der Waals surface area contributed by atoms with Crippen LogP contribution >= 0.6 is 0 Å². The Kier molecular flexibility index (Phi) is 7.23. The molecule has 1 heterocycles. The lowest BCUT2D eigenvalue weighted by atomic mass is 9.86. The number of fused-ring (bicyclic) bond motifs is 1. The molecule has 0 aromatic heterocycles. The fourth-order valence-electron chi connectivity index (χ4n) is 3.93. The van der Waals surface area contributed by atoms with Crippen molar-refractivity contribution in [2.45, 2.75) is 51.5 Å². The summed E-state index contributed by atoms with van der Waals surface area (Å²) in [6.45, 7) is 10.5. The largest absolute Gasteiger partial charge is 0.490 e. The number of ether oxygens (including phenoxy) is 3. The minimum atomic E-state index is -3.83. The van der Waals surface area contributed by atoms with E-state index in [1.54, 1.807) is 50.1 Å². The first kappa shape index (κ1) is 24.9. The molecule has 3 rings (SSSR count). The van der Waals surface area contributed by atoms with Gasteiger partial charge in [-0.25, -0.2) is 13.1 Å². The van der Waals surface area contributed by atoms with Crippen LogP contribution in [0.1, 0.15) is 45.7 Å². The molecule has 2 aromatic carbocycles. The number of rotatable bonds is 10. The quantitative estimate of drug-likeness (QED) is 0.563. The molecule has 0 saturated carbocycles. The number of nitrogens with one attached hydrogen (secondary N) is 1. The van der Waals surface area contributed by atoms with E-state index in [0.717, 1.165) is 5.69 Å². The Morgan fingerprint density at radius 2 is 1.52 bits per heavy atom. The third-order valence-electron chi connectivity index (χ3n) is 5.59. The van der Waals surface area contributed by atoms with Gasteiger partial charge in [0.1, 0.15) is 0 Å². The number of carbonyl (C=O) groups excluding carboxylic acids is 1. The molecule has 9 heteroatoms. The zero-order valence-corrected chi connectivity index (χ0v) is 20.8. The molecule has 180 valence electrons. The van der Waals surface area contributed by atoms with Gasteiger partial charge in [0.25, 0.3) is 0 Å². The molecular formula is C24H32N2O6S. The van der Waals surface area contributed by atoms with Crippen LogP contribution in [-0.2, 0) is 26.8 Å². The van der Waals surface area contributed by atoms with Crippen molar-refractivity contribution in [3.8, 4) is 17.2 Å². The first-order chi connectivity index (χ1) is 15.6. The molecule has 0 radical (unpaired) electrons. The van der Waals surface area contributed by atoms with Gasteiger partial charge in [0.2, 0.25) is 21.7 Å². The van der Waals surface area contributed by atoms with Crippen LogP contribution in [0.5, 0.6) is 17.2 Å². The summed E-state index contributed by atoms with van der Waals surface area (Å²) in [6, 6.07) is 8.27. The molecule has 33 heavy (non-hydrogen) atoms. The van der Waals surface area contributed by atoms with Gasteiger partial charge in [-0.15, -0.1) is 0 Å². The van der Waals surface area contributed by atoms with Crippen LogP contribution in [0.4, 0.5) is 5.69 Å². The van der Waals surface area contributed by atoms with Gasteiger partial charge in [-0.1, -0.05) is 0 Å². The number of sulfonamides is 1. The lowest BCUT2D eigenvalue weighted by molar-refractivity contribution is -0.121. The Morgan fingerprint density at radius 3 is 2.06 bits per heavy atom. The summed E-state index contributed by atoms with van der Waals surface area (Å²) < 4.78 is 45.9. The van der Waals surface area contributed by atoms with Crippen LogP contribution in [0.25, 0.3) is 0 Å². The summed E-state index contributed by atoms with van der Waals surface area (Å²) in [5, 5.41) is 0. The average molecular weight is 477 g/mol. The predicted molar refractivity (Wildman–Crippen MR) is 127 cm³/mol. The van der Waals surface area contributed by atoms with E-state index < -0.39 is 15.4 Å². The zero-order valence-electron chi connectivity index (χ0n) is 20.0. The highest BCUT2D eigenvalue weighted by Gasteiger charge is 2.42. The van der Waals surface area contributed by atoms with Crippen molar-refractivity contribution in [1.29, 1.82) is 0 Å². The van der Waals surface area contributed by atoms with E-state index in [9.17, 15) is 13.2 Å². The molecule has 1 aliphatic rings. The van der Waals surface area contributed by atoms with E-state index in [-0.39, 0.29) is 17.3 Å². The van der Waals surface area contributed by atoms with Gasteiger partial charge < -0.3 is 19.1 Å². The Balaban J connectivity index is 1.89. The molecule has 0 fully saturated rings. The third kappa shape index (κ3) is 4.79. The highest BCUT2D eigenvalue weighted by molar-refractivity contribution is 7.89. The maximum atomic E-state index is 13.1. The molecule has 0 spiro atoms. The van der Waals surface area contributed by atoms with Crippen LogP contribution in [0, 0.1) is 0 Å². The van der Waals surface area contributed by atoms with Crippen molar-refractivity contribution in [3.63, 3.8) is 0 Å². The first-order valence-electron chi connectivity index (χ1n) is 11.0. The van der Waals surface area contributed by atoms with Gasteiger partial charge in [-0.3, -0.25) is 4.79 Å². The van der Waals surface area contributed by atoms with Crippen LogP contribution < -0.4 is 23.8 Å². The Hall–Kier alpha value is -2.78. The van der Waals surface area contributed by atoms with Gasteiger partial charge in [-0.2, -0.15) is 0 Å². The number of amides is 1. The van der Waals surface area contributed by atoms with Crippen LogP contribution in [0.2, 0.25) is 0 Å². The SMILES string of the molecule is CCOc1cc(CNS(=O)(=O)c2ccc3c(c2)C(C)(C)C(=O)N3C)cc(OCC)c1OCC. The van der Waals surface area contributed by atoms with E-state index in [2.05, 4.69) is 4.72 Å². The second-order valence-corrected chi connectivity index (χ2v) is 9.98. The molecule has 0 bridgehead atoms. The molecule has 2 aromatic rings. The van der Waals surface area contributed by atoms with Crippen molar-refractivity contribution in [2.24, 2.45) is 0 Å². The average Bonchev–Trinajstić information content (AvgIpc) is 2.95. The predicted octanol–water partition coefficient (Wildman–Crippen LogP) is 3.62. The number of likely N-dealkylation sites (N-methyl/N-ethyl adjacent to an activating group) is 1. The number of nitrogens with zero attached hydrogens (tertiary/aromatic N) is 1. The number of hydrogen-bond donors (Lipinski definition) is 1. The van der Waals surface area contributed by atoms with E-state index in [0.29, 0.717) is 48.2 Å². The van der Waals surface area contributed by atoms with Gasteiger partial charge >= 0.3 is 0 Å². The van der Waals surface area contributed by atoms with Gasteiger partial charge in [-0.05, 0) is 76.1 Å². The standard InChI is InChI=1S/C24H32N2O6S/c1-7-30-20-12-16(13-21(31-8-2)22(20)32-9-3)15-25-33(28,29)17-10-11-19-18(14-17)24(4,5)23(27)26(19)6/h10-14,25H,7-9,15H2,1-6H3. The molecule has 0 unspecified atom stereocenters. The Labute approximate surface area is 195 Å². The van der Waals surface area contributed by atoms with Crippen molar-refractivity contribution in [3.05, 3.63) is 41.5 Å². The molecule has 0 aliphatic carbocycles. The number of anilines is 1. The van der Waals surface area contributed by atoms with E-state index in [1.807, 2.05) is 20.8 Å². The number of hydrogen-bond acceptors (Lipinski definition) is 6. The second-order valence-electron chi connectivity index (χ2n) is 8.21. The molecule has 1 amide bonds. The van der Waals surface area contributed by atoms with Crippen LogP contribution in [-0.4, -0.2) is 41.2 Å². The fourth-order valence-corrected chi connectivity index (χ4v) is 4.97. The van der Waals surface area contributed by atoms with Crippen LogP contribution in [0.3, 0.4) is 0 Å². The minimum Gasteiger partial charge on any atom is -0.490 e. The number of benzene rings is 2. The summed E-state index contributed by atoms with van der Waals surface area (Å²) in [4.78, 5) is 14.2. The first-order valence-corrected chi connectivity index (χ1v) is 12.5. The smallest absolute Gasteiger partial charge is 0.240 e. The Bertz CT molecular complexity index is 1120. The van der Waals surface area contributed by atoms with E-state index >= 15 is 0 Å². The van der Waals surface area contributed by atoms with Crippen molar-refractivity contribution >= 4 is 21.6 Å².